The fourth-order valence-corrected chi connectivity index (χ4v) is 9.58. The van der Waals surface area contributed by atoms with Crippen LogP contribution in [0.5, 0.6) is 0 Å². The van der Waals surface area contributed by atoms with Crippen LogP contribution < -0.4 is 21.7 Å². The van der Waals surface area contributed by atoms with Crippen molar-refractivity contribution >= 4 is 89.7 Å². The van der Waals surface area contributed by atoms with Crippen LogP contribution in [0.3, 0.4) is 0 Å². The number of aromatic nitrogens is 2. The quantitative estimate of drug-likeness (QED) is 0.114. The van der Waals surface area contributed by atoms with E-state index >= 15 is 0 Å². The van der Waals surface area contributed by atoms with Crippen molar-refractivity contribution < 1.29 is 9.59 Å². The summed E-state index contributed by atoms with van der Waals surface area (Å²) in [4.78, 5) is 43.7. The maximum absolute atomic E-state index is 12.4. The number of anilines is 2. The standard InChI is InChI=1S/C24H20N4OS.C18H14N2OS2.C7H10N2/c29-24(27-10-8-18-6-3-4-9-26-18)28-19-11-17-14-25-15-21(17)20(13-19)23-12-16-5-1-2-7-22(16)30-23;1-22-18(21)20-13-6-12-9-19-10-15(12)14(8-13)17-7-11-4-2-3-5-16(11)23-17;8-5-4-7-3-1-2-6-9-7/h1-7,9,11-14H,8,10,15H2,(H2,27,28,29);2-9H,10H2,1H3,(H,20,21);1-3,6H,4-5,8H2. The summed E-state index contributed by atoms with van der Waals surface area (Å²) in [5, 5.41) is 11.2. The van der Waals surface area contributed by atoms with Gasteiger partial charge in [0.1, 0.15) is 0 Å². The third-order valence-corrected chi connectivity index (χ3v) is 12.9. The van der Waals surface area contributed by atoms with Crippen molar-refractivity contribution in [3.05, 3.63) is 167 Å². The molecule has 4 aromatic heterocycles. The van der Waals surface area contributed by atoms with Gasteiger partial charge in [0.2, 0.25) is 0 Å². The predicted octanol–water partition coefficient (Wildman–Crippen LogP) is 11.2. The number of nitrogens with two attached hydrogens (primary N) is 1. The molecule has 0 fully saturated rings. The Bertz CT molecular complexity index is 2830. The molecular formula is C49H44N8O2S3. The topological polar surface area (TPSA) is 147 Å². The molecule has 5 N–H and O–H groups in total. The molecule has 0 aliphatic carbocycles. The molecule has 6 heterocycles. The van der Waals surface area contributed by atoms with Gasteiger partial charge in [0.15, 0.2) is 0 Å². The molecule has 8 aromatic rings. The van der Waals surface area contributed by atoms with Gasteiger partial charge >= 0.3 is 6.03 Å². The number of rotatable bonds is 9. The molecule has 10 rings (SSSR count). The fourth-order valence-electron chi connectivity index (χ4n) is 7.14. The van der Waals surface area contributed by atoms with E-state index in [1.165, 1.54) is 52.8 Å². The maximum atomic E-state index is 12.4. The predicted molar refractivity (Wildman–Crippen MR) is 262 cm³/mol. The van der Waals surface area contributed by atoms with Crippen LogP contribution in [0.25, 0.3) is 41.1 Å². The summed E-state index contributed by atoms with van der Waals surface area (Å²) in [5.74, 6) is 0. The van der Waals surface area contributed by atoms with E-state index in [2.05, 4.69) is 109 Å². The summed E-state index contributed by atoms with van der Waals surface area (Å²) < 4.78 is 2.53. The molecule has 2 aliphatic heterocycles. The highest BCUT2D eigenvalue weighted by atomic mass is 32.2. The van der Waals surface area contributed by atoms with E-state index in [1.807, 2.05) is 61.0 Å². The highest BCUT2D eigenvalue weighted by Crippen LogP contribution is 2.40. The fraction of sp³-hybridized carbons (Fsp3) is 0.143. The van der Waals surface area contributed by atoms with Crippen LogP contribution in [0.1, 0.15) is 33.6 Å². The summed E-state index contributed by atoms with van der Waals surface area (Å²) in [6.07, 6.45) is 10.7. The van der Waals surface area contributed by atoms with Crippen LogP contribution in [0.15, 0.2) is 144 Å². The van der Waals surface area contributed by atoms with E-state index in [0.29, 0.717) is 32.6 Å². The number of hydrogen-bond acceptors (Lipinski definition) is 10. The number of benzene rings is 4. The Balaban J connectivity index is 0.000000146. The highest BCUT2D eigenvalue weighted by molar-refractivity contribution is 8.13. The molecule has 2 aliphatic rings. The van der Waals surface area contributed by atoms with Gasteiger partial charge in [0, 0.05) is 97.3 Å². The number of amides is 3. The Labute approximate surface area is 372 Å². The molecule has 0 unspecified atom stereocenters. The van der Waals surface area contributed by atoms with Crippen LogP contribution in [-0.2, 0) is 25.9 Å². The van der Waals surface area contributed by atoms with E-state index in [0.717, 1.165) is 51.4 Å². The first-order chi connectivity index (χ1) is 30.4. The van der Waals surface area contributed by atoms with Gasteiger partial charge in [-0.3, -0.25) is 24.7 Å². The molecule has 0 radical (unpaired) electrons. The van der Waals surface area contributed by atoms with Gasteiger partial charge in [0.05, 0.1) is 13.1 Å². The molecule has 3 amide bonds. The van der Waals surface area contributed by atoms with Crippen molar-refractivity contribution in [3.63, 3.8) is 0 Å². The number of thiophene rings is 2. The number of aliphatic imine (C=N–C) groups is 2. The van der Waals surface area contributed by atoms with Gasteiger partial charge < -0.3 is 21.7 Å². The molecular weight excluding hydrogens is 829 g/mol. The number of urea groups is 1. The Kier molecular flexibility index (Phi) is 13.9. The number of pyridine rings is 2. The number of carbonyl (C=O) groups excluding carboxylic acids is 2. The summed E-state index contributed by atoms with van der Waals surface area (Å²) in [7, 11) is 0. The Hall–Kier alpha value is -6.51. The van der Waals surface area contributed by atoms with E-state index in [4.69, 9.17) is 5.73 Å². The summed E-state index contributed by atoms with van der Waals surface area (Å²) >= 11 is 4.72. The average molecular weight is 873 g/mol. The van der Waals surface area contributed by atoms with E-state index in [1.54, 1.807) is 41.3 Å². The number of thioether (sulfide) groups is 1. The molecule has 0 bridgehead atoms. The molecule has 0 spiro atoms. The normalized spacial score (nSPS) is 11.9. The zero-order valence-corrected chi connectivity index (χ0v) is 36.5. The van der Waals surface area contributed by atoms with Crippen molar-refractivity contribution in [2.24, 2.45) is 15.7 Å². The lowest BCUT2D eigenvalue weighted by Crippen LogP contribution is -2.30. The molecule has 0 saturated heterocycles. The van der Waals surface area contributed by atoms with Crippen molar-refractivity contribution in [1.29, 1.82) is 0 Å². The molecule has 62 heavy (non-hydrogen) atoms. The van der Waals surface area contributed by atoms with Crippen LogP contribution in [-0.4, -0.2) is 53.0 Å². The molecule has 4 aromatic carbocycles. The molecule has 10 nitrogen and oxygen atoms in total. The summed E-state index contributed by atoms with van der Waals surface area (Å²) in [5.41, 5.74) is 15.8. The monoisotopic (exact) mass is 872 g/mol. The molecule has 0 saturated carbocycles. The van der Waals surface area contributed by atoms with E-state index in [-0.39, 0.29) is 11.3 Å². The number of nitrogens with one attached hydrogen (secondary N) is 3. The first kappa shape index (κ1) is 42.2. The number of carbonyl (C=O) groups is 2. The van der Waals surface area contributed by atoms with Crippen molar-refractivity contribution in [3.8, 4) is 20.9 Å². The van der Waals surface area contributed by atoms with Gasteiger partial charge in [0.25, 0.3) is 5.24 Å². The zero-order valence-electron chi connectivity index (χ0n) is 34.0. The van der Waals surface area contributed by atoms with Crippen LogP contribution in [0.4, 0.5) is 21.0 Å². The Morgan fingerprint density at radius 1 is 0.645 bits per heavy atom. The van der Waals surface area contributed by atoms with E-state index in [9.17, 15) is 9.59 Å². The molecule has 0 atom stereocenters. The first-order valence-corrected chi connectivity index (χ1v) is 23.0. The van der Waals surface area contributed by atoms with Gasteiger partial charge in [-0.1, -0.05) is 60.3 Å². The second-order valence-corrected chi connectivity index (χ2v) is 17.3. The number of hydrogen-bond donors (Lipinski definition) is 4. The van der Waals surface area contributed by atoms with Crippen molar-refractivity contribution in [2.45, 2.75) is 25.9 Å². The Morgan fingerprint density at radius 2 is 1.16 bits per heavy atom. The van der Waals surface area contributed by atoms with Crippen molar-refractivity contribution in [1.82, 2.24) is 15.3 Å². The van der Waals surface area contributed by atoms with Crippen LogP contribution >= 0.6 is 34.4 Å². The lowest BCUT2D eigenvalue weighted by atomic mass is 10.0. The third kappa shape index (κ3) is 10.5. The van der Waals surface area contributed by atoms with Crippen LogP contribution in [0, 0.1) is 0 Å². The summed E-state index contributed by atoms with van der Waals surface area (Å²) in [6.45, 7) is 2.58. The minimum Gasteiger partial charge on any atom is -0.337 e. The maximum Gasteiger partial charge on any atom is 0.319 e. The third-order valence-electron chi connectivity index (χ3n) is 10.1. The smallest absolute Gasteiger partial charge is 0.319 e. The van der Waals surface area contributed by atoms with Gasteiger partial charge in [-0.25, -0.2) is 4.79 Å². The lowest BCUT2D eigenvalue weighted by molar-refractivity contribution is 0.252. The number of nitrogens with zero attached hydrogens (tertiary/aromatic N) is 4. The highest BCUT2D eigenvalue weighted by Gasteiger charge is 2.19. The van der Waals surface area contributed by atoms with Crippen molar-refractivity contribution in [2.75, 3.05) is 30.0 Å². The second-order valence-electron chi connectivity index (χ2n) is 14.3. The van der Waals surface area contributed by atoms with Gasteiger partial charge in [-0.2, -0.15) is 0 Å². The van der Waals surface area contributed by atoms with Crippen LogP contribution in [0.2, 0.25) is 0 Å². The van der Waals surface area contributed by atoms with Gasteiger partial charge in [-0.05, 0) is 119 Å². The zero-order chi connectivity index (χ0) is 42.7. The molecule has 13 heteroatoms. The lowest BCUT2D eigenvalue weighted by Gasteiger charge is -2.12. The summed E-state index contributed by atoms with van der Waals surface area (Å²) in [6, 6.07) is 40.7. The van der Waals surface area contributed by atoms with Gasteiger partial charge in [-0.15, -0.1) is 22.7 Å². The Morgan fingerprint density at radius 3 is 1.66 bits per heavy atom. The van der Waals surface area contributed by atoms with E-state index < -0.39 is 0 Å². The second kappa shape index (κ2) is 20.4. The SMILES string of the molecule is CSC(=O)Nc1cc2c(c(-c3cc4ccccc4s3)c1)CN=C2.NCCc1ccccn1.O=C(NCCc1ccccn1)Nc1cc2c(c(-c3cc4ccccc4s3)c1)CN=C2. The minimum atomic E-state index is -0.219. The minimum absolute atomic E-state index is 0.0535. The molecule has 310 valence electrons. The first-order valence-electron chi connectivity index (χ1n) is 20.1. The largest absolute Gasteiger partial charge is 0.337 e. The number of fused-ring (bicyclic) bond motifs is 4. The average Bonchev–Trinajstić information content (AvgIpc) is 4.14.